The number of ether oxygens (including phenoxy) is 1. The van der Waals surface area contributed by atoms with Gasteiger partial charge in [0.2, 0.25) is 0 Å². The van der Waals surface area contributed by atoms with Gasteiger partial charge in [-0.15, -0.1) is 12.4 Å². The van der Waals surface area contributed by atoms with Gasteiger partial charge in [-0.05, 0) is 19.0 Å². The third-order valence-corrected chi connectivity index (χ3v) is 4.54. The second kappa shape index (κ2) is 7.99. The number of para-hydroxylation sites is 1. The predicted molar refractivity (Wildman–Crippen MR) is 88.4 cm³/mol. The molecule has 3 rings (SSSR count). The van der Waals surface area contributed by atoms with Crippen molar-refractivity contribution in [3.63, 3.8) is 0 Å². The lowest BCUT2D eigenvalue weighted by Gasteiger charge is -2.37. The molecule has 0 bridgehead atoms. The molecule has 0 spiro atoms. The predicted octanol–water partition coefficient (Wildman–Crippen LogP) is 1.60. The molecule has 0 saturated carbocycles. The second-order valence-corrected chi connectivity index (χ2v) is 5.77. The monoisotopic (exact) mass is 311 g/mol. The van der Waals surface area contributed by atoms with Gasteiger partial charge in [-0.2, -0.15) is 0 Å². The molecule has 21 heavy (non-hydrogen) atoms. The van der Waals surface area contributed by atoms with Crippen LogP contribution in [0.25, 0.3) is 0 Å². The van der Waals surface area contributed by atoms with Crippen LogP contribution >= 0.6 is 12.4 Å². The minimum Gasteiger partial charge on any atom is -0.496 e. The molecule has 1 aromatic rings. The molecule has 1 N–H and O–H groups in total. The molecule has 5 heteroatoms. The zero-order valence-corrected chi connectivity index (χ0v) is 13.6. The number of hydrogen-bond donors (Lipinski definition) is 1. The molecule has 2 fully saturated rings. The zero-order chi connectivity index (χ0) is 13.8. The van der Waals surface area contributed by atoms with Crippen molar-refractivity contribution in [1.29, 1.82) is 0 Å². The number of piperazine rings is 1. The summed E-state index contributed by atoms with van der Waals surface area (Å²) in [4.78, 5) is 5.19. The Hall–Kier alpha value is -0.810. The van der Waals surface area contributed by atoms with E-state index in [1.54, 1.807) is 7.11 Å². The minimum absolute atomic E-state index is 0. The Labute approximate surface area is 133 Å². The highest BCUT2D eigenvalue weighted by atomic mass is 35.5. The molecular weight excluding hydrogens is 286 g/mol. The first-order valence-corrected chi connectivity index (χ1v) is 7.66. The van der Waals surface area contributed by atoms with Crippen molar-refractivity contribution in [3.8, 4) is 5.75 Å². The van der Waals surface area contributed by atoms with Crippen molar-refractivity contribution in [2.24, 2.45) is 0 Å². The first kappa shape index (κ1) is 16.6. The summed E-state index contributed by atoms with van der Waals surface area (Å²) >= 11 is 0. The standard InChI is InChI=1S/C16H25N3O.ClH/c1-20-16-5-3-2-4-14(16)13-18-8-10-19(11-9-18)15-6-7-17-12-15;/h2-5,15,17H,6-13H2,1H3;1H. The van der Waals surface area contributed by atoms with Crippen molar-refractivity contribution in [3.05, 3.63) is 29.8 Å². The summed E-state index contributed by atoms with van der Waals surface area (Å²) in [6.07, 6.45) is 1.31. The fraction of sp³-hybridized carbons (Fsp3) is 0.625. The Morgan fingerprint density at radius 2 is 1.95 bits per heavy atom. The number of halogens is 1. The van der Waals surface area contributed by atoms with Crippen LogP contribution in [0, 0.1) is 0 Å². The van der Waals surface area contributed by atoms with Crippen LogP contribution in [0.15, 0.2) is 24.3 Å². The fourth-order valence-electron chi connectivity index (χ4n) is 3.31. The van der Waals surface area contributed by atoms with Gasteiger partial charge in [0.25, 0.3) is 0 Å². The Kier molecular flexibility index (Phi) is 6.30. The summed E-state index contributed by atoms with van der Waals surface area (Å²) in [7, 11) is 1.75. The van der Waals surface area contributed by atoms with Gasteiger partial charge in [0, 0.05) is 50.9 Å². The quantitative estimate of drug-likeness (QED) is 0.914. The molecule has 1 unspecified atom stereocenters. The summed E-state index contributed by atoms with van der Waals surface area (Å²) in [5.74, 6) is 1.01. The number of nitrogens with one attached hydrogen (secondary N) is 1. The molecule has 2 saturated heterocycles. The number of hydrogen-bond acceptors (Lipinski definition) is 4. The summed E-state index contributed by atoms with van der Waals surface area (Å²) in [6.45, 7) is 8.07. The largest absolute Gasteiger partial charge is 0.496 e. The van der Waals surface area contributed by atoms with Gasteiger partial charge in [0.05, 0.1) is 7.11 Å². The Morgan fingerprint density at radius 1 is 1.19 bits per heavy atom. The molecule has 0 aromatic heterocycles. The third kappa shape index (κ3) is 4.10. The van der Waals surface area contributed by atoms with Crippen LogP contribution in [-0.4, -0.2) is 62.2 Å². The van der Waals surface area contributed by atoms with E-state index in [1.165, 1.54) is 38.2 Å². The first-order valence-electron chi connectivity index (χ1n) is 7.66. The lowest BCUT2D eigenvalue weighted by atomic mass is 10.1. The normalized spacial score (nSPS) is 23.8. The summed E-state index contributed by atoms with van der Waals surface area (Å²) in [5, 5.41) is 3.46. The molecule has 2 heterocycles. The highest BCUT2D eigenvalue weighted by molar-refractivity contribution is 5.85. The van der Waals surface area contributed by atoms with E-state index >= 15 is 0 Å². The smallest absolute Gasteiger partial charge is 0.123 e. The van der Waals surface area contributed by atoms with E-state index in [1.807, 2.05) is 6.07 Å². The van der Waals surface area contributed by atoms with E-state index in [0.29, 0.717) is 0 Å². The maximum absolute atomic E-state index is 5.44. The van der Waals surface area contributed by atoms with Gasteiger partial charge in [0.15, 0.2) is 0 Å². The van der Waals surface area contributed by atoms with Crippen LogP contribution in [0.2, 0.25) is 0 Å². The van der Waals surface area contributed by atoms with E-state index in [9.17, 15) is 0 Å². The molecule has 118 valence electrons. The van der Waals surface area contributed by atoms with Crippen molar-refractivity contribution >= 4 is 12.4 Å². The molecule has 0 aliphatic carbocycles. The summed E-state index contributed by atoms with van der Waals surface area (Å²) in [5.41, 5.74) is 1.30. The Balaban J connectivity index is 0.00000161. The van der Waals surface area contributed by atoms with Crippen LogP contribution in [0.1, 0.15) is 12.0 Å². The maximum atomic E-state index is 5.44. The fourth-order valence-corrected chi connectivity index (χ4v) is 3.31. The zero-order valence-electron chi connectivity index (χ0n) is 12.8. The van der Waals surface area contributed by atoms with Crippen LogP contribution < -0.4 is 10.1 Å². The van der Waals surface area contributed by atoms with Crippen LogP contribution in [0.5, 0.6) is 5.75 Å². The molecule has 2 aliphatic rings. The van der Waals surface area contributed by atoms with Gasteiger partial charge in [-0.25, -0.2) is 0 Å². The molecule has 4 nitrogen and oxygen atoms in total. The Morgan fingerprint density at radius 3 is 2.62 bits per heavy atom. The van der Waals surface area contributed by atoms with Crippen molar-refractivity contribution in [2.75, 3.05) is 46.4 Å². The van der Waals surface area contributed by atoms with Crippen LogP contribution in [0.3, 0.4) is 0 Å². The molecule has 0 radical (unpaired) electrons. The molecule has 1 aromatic carbocycles. The van der Waals surface area contributed by atoms with Crippen molar-refractivity contribution in [2.45, 2.75) is 19.0 Å². The number of nitrogens with zero attached hydrogens (tertiary/aromatic N) is 2. The highest BCUT2D eigenvalue weighted by Crippen LogP contribution is 2.20. The van der Waals surface area contributed by atoms with Crippen molar-refractivity contribution in [1.82, 2.24) is 15.1 Å². The van der Waals surface area contributed by atoms with Gasteiger partial charge in [0.1, 0.15) is 5.75 Å². The minimum atomic E-state index is 0. The molecule has 1 atom stereocenters. The first-order chi connectivity index (χ1) is 9.86. The van der Waals surface area contributed by atoms with E-state index in [2.05, 4.69) is 33.3 Å². The lowest BCUT2D eigenvalue weighted by Crippen LogP contribution is -2.50. The SMILES string of the molecule is COc1ccccc1CN1CCN(C2CCNC2)CC1.Cl. The van der Waals surface area contributed by atoms with Crippen LogP contribution in [-0.2, 0) is 6.54 Å². The number of benzene rings is 1. The molecule has 0 amide bonds. The van der Waals surface area contributed by atoms with Crippen LogP contribution in [0.4, 0.5) is 0 Å². The average molecular weight is 312 g/mol. The Bertz CT molecular complexity index is 429. The summed E-state index contributed by atoms with van der Waals surface area (Å²) < 4.78 is 5.44. The van der Waals surface area contributed by atoms with E-state index in [-0.39, 0.29) is 12.4 Å². The third-order valence-electron chi connectivity index (χ3n) is 4.54. The molecular formula is C16H26ClN3O. The summed E-state index contributed by atoms with van der Waals surface area (Å²) in [6, 6.07) is 9.12. The van der Waals surface area contributed by atoms with E-state index in [0.717, 1.165) is 31.4 Å². The number of methoxy groups -OCH3 is 1. The maximum Gasteiger partial charge on any atom is 0.123 e. The van der Waals surface area contributed by atoms with Gasteiger partial charge in [-0.3, -0.25) is 9.80 Å². The van der Waals surface area contributed by atoms with Gasteiger partial charge in [-0.1, -0.05) is 18.2 Å². The highest BCUT2D eigenvalue weighted by Gasteiger charge is 2.26. The lowest BCUT2D eigenvalue weighted by molar-refractivity contribution is 0.0976. The van der Waals surface area contributed by atoms with Gasteiger partial charge >= 0.3 is 0 Å². The second-order valence-electron chi connectivity index (χ2n) is 5.77. The van der Waals surface area contributed by atoms with E-state index < -0.39 is 0 Å². The van der Waals surface area contributed by atoms with E-state index in [4.69, 9.17) is 4.74 Å². The van der Waals surface area contributed by atoms with Gasteiger partial charge < -0.3 is 10.1 Å². The molecule has 2 aliphatic heterocycles. The topological polar surface area (TPSA) is 27.7 Å². The number of rotatable bonds is 4. The average Bonchev–Trinajstić information content (AvgIpc) is 3.03. The van der Waals surface area contributed by atoms with Crippen molar-refractivity contribution < 1.29 is 4.74 Å².